The van der Waals surface area contributed by atoms with Crippen LogP contribution in [0.1, 0.15) is 19.8 Å². The van der Waals surface area contributed by atoms with E-state index in [2.05, 4.69) is 21.2 Å². The van der Waals surface area contributed by atoms with Gasteiger partial charge < -0.3 is 15.2 Å². The lowest BCUT2D eigenvalue weighted by atomic mass is 9.80. The van der Waals surface area contributed by atoms with Crippen LogP contribution in [-0.2, 0) is 9.59 Å². The van der Waals surface area contributed by atoms with Crippen molar-refractivity contribution in [2.24, 2.45) is 5.92 Å². The van der Waals surface area contributed by atoms with Crippen LogP contribution in [0.3, 0.4) is 0 Å². The van der Waals surface area contributed by atoms with E-state index in [1.54, 1.807) is 13.0 Å². The molecule has 0 bridgehead atoms. The first kappa shape index (κ1) is 14.8. The second-order valence-corrected chi connectivity index (χ2v) is 5.76. The topological polar surface area (TPSA) is 75.6 Å². The summed E-state index contributed by atoms with van der Waals surface area (Å²) in [7, 11) is 0. The quantitative estimate of drug-likeness (QED) is 0.860. The number of carboxylic acid groups (broad SMARTS) is 1. The Hall–Kier alpha value is -1.56. The number of halogens is 1. The molecule has 1 aromatic carbocycles. The standard InChI is InChI=1S/C14H16BrNO4/c1-8(20-12-5-3-2-4-11(12)15)13(17)16-10-6-9(7-10)14(18)19/h2-5,8-10H,6-7H2,1H3,(H,16,17)(H,18,19). The summed E-state index contributed by atoms with van der Waals surface area (Å²) in [6.45, 7) is 1.67. The number of nitrogens with one attached hydrogen (secondary N) is 1. The van der Waals surface area contributed by atoms with Crippen LogP contribution in [0.4, 0.5) is 0 Å². The Morgan fingerprint density at radius 2 is 2.05 bits per heavy atom. The third-order valence-corrected chi connectivity index (χ3v) is 4.00. The Bertz CT molecular complexity index is 514. The summed E-state index contributed by atoms with van der Waals surface area (Å²) in [5, 5.41) is 11.6. The van der Waals surface area contributed by atoms with Crippen molar-refractivity contribution in [2.45, 2.75) is 31.9 Å². The SMILES string of the molecule is CC(Oc1ccccc1Br)C(=O)NC1CC(C(=O)O)C1. The smallest absolute Gasteiger partial charge is 0.306 e. The number of carbonyl (C=O) groups is 2. The molecule has 1 saturated carbocycles. The molecule has 0 saturated heterocycles. The van der Waals surface area contributed by atoms with Crippen molar-refractivity contribution in [3.05, 3.63) is 28.7 Å². The van der Waals surface area contributed by atoms with Gasteiger partial charge in [0, 0.05) is 6.04 Å². The van der Waals surface area contributed by atoms with Crippen LogP contribution in [0.2, 0.25) is 0 Å². The minimum atomic E-state index is -0.798. The number of benzene rings is 1. The molecule has 5 nitrogen and oxygen atoms in total. The van der Waals surface area contributed by atoms with Gasteiger partial charge in [-0.2, -0.15) is 0 Å². The molecule has 0 radical (unpaired) electrons. The van der Waals surface area contributed by atoms with Crippen LogP contribution in [0.5, 0.6) is 5.75 Å². The van der Waals surface area contributed by atoms with Crippen LogP contribution in [0.25, 0.3) is 0 Å². The third kappa shape index (κ3) is 3.50. The summed E-state index contributed by atoms with van der Waals surface area (Å²) in [6, 6.07) is 7.24. The summed E-state index contributed by atoms with van der Waals surface area (Å²) in [6.07, 6.45) is 0.351. The van der Waals surface area contributed by atoms with Gasteiger partial charge >= 0.3 is 5.97 Å². The Kier molecular flexibility index (Phi) is 4.65. The number of carbonyl (C=O) groups excluding carboxylic acids is 1. The van der Waals surface area contributed by atoms with Crippen LogP contribution in [-0.4, -0.2) is 29.1 Å². The first-order valence-electron chi connectivity index (χ1n) is 6.41. The molecule has 0 spiro atoms. The van der Waals surface area contributed by atoms with Gasteiger partial charge in [0.15, 0.2) is 6.10 Å². The van der Waals surface area contributed by atoms with Crippen molar-refractivity contribution < 1.29 is 19.4 Å². The first-order chi connectivity index (χ1) is 9.47. The summed E-state index contributed by atoms with van der Waals surface area (Å²) >= 11 is 3.35. The molecule has 1 atom stereocenters. The highest BCUT2D eigenvalue weighted by Gasteiger charge is 2.36. The van der Waals surface area contributed by atoms with Gasteiger partial charge in [-0.3, -0.25) is 9.59 Å². The van der Waals surface area contributed by atoms with E-state index >= 15 is 0 Å². The van der Waals surface area contributed by atoms with E-state index in [9.17, 15) is 9.59 Å². The second-order valence-electron chi connectivity index (χ2n) is 4.90. The first-order valence-corrected chi connectivity index (χ1v) is 7.21. The Balaban J connectivity index is 1.81. The molecule has 6 heteroatoms. The Morgan fingerprint density at radius 1 is 1.40 bits per heavy atom. The fraction of sp³-hybridized carbons (Fsp3) is 0.429. The molecule has 2 rings (SSSR count). The number of aliphatic carboxylic acids is 1. The van der Waals surface area contributed by atoms with Gasteiger partial charge in [0.05, 0.1) is 10.4 Å². The average molecular weight is 342 g/mol. The van der Waals surface area contributed by atoms with E-state index in [1.165, 1.54) is 0 Å². The molecule has 0 heterocycles. The van der Waals surface area contributed by atoms with Crippen molar-refractivity contribution in [3.8, 4) is 5.75 Å². The molecule has 1 aliphatic carbocycles. The summed E-state index contributed by atoms with van der Waals surface area (Å²) in [5.41, 5.74) is 0. The van der Waals surface area contributed by atoms with Crippen molar-refractivity contribution in [1.29, 1.82) is 0 Å². The lowest BCUT2D eigenvalue weighted by Gasteiger charge is -2.33. The zero-order valence-corrected chi connectivity index (χ0v) is 12.6. The highest BCUT2D eigenvalue weighted by atomic mass is 79.9. The second kappa shape index (κ2) is 6.26. The minimum Gasteiger partial charge on any atom is -0.481 e. The molecule has 1 fully saturated rings. The van der Waals surface area contributed by atoms with Crippen LogP contribution in [0, 0.1) is 5.92 Å². The zero-order chi connectivity index (χ0) is 14.7. The highest BCUT2D eigenvalue weighted by molar-refractivity contribution is 9.10. The Labute approximate surface area is 125 Å². The summed E-state index contributed by atoms with van der Waals surface area (Å²) < 4.78 is 6.36. The van der Waals surface area contributed by atoms with Crippen molar-refractivity contribution >= 4 is 27.8 Å². The number of hydrogen-bond donors (Lipinski definition) is 2. The molecule has 20 heavy (non-hydrogen) atoms. The van der Waals surface area contributed by atoms with Crippen LogP contribution < -0.4 is 10.1 Å². The molecular formula is C14H16BrNO4. The third-order valence-electron chi connectivity index (χ3n) is 3.34. The van der Waals surface area contributed by atoms with Gasteiger partial charge in [-0.15, -0.1) is 0 Å². The van der Waals surface area contributed by atoms with E-state index in [1.807, 2.05) is 18.2 Å². The number of amides is 1. The molecule has 0 aromatic heterocycles. The van der Waals surface area contributed by atoms with Gasteiger partial charge in [0.1, 0.15) is 5.75 Å². The maximum Gasteiger partial charge on any atom is 0.306 e. The van der Waals surface area contributed by atoms with Crippen molar-refractivity contribution in [3.63, 3.8) is 0 Å². The fourth-order valence-electron chi connectivity index (χ4n) is 2.04. The summed E-state index contributed by atoms with van der Waals surface area (Å²) in [4.78, 5) is 22.6. The number of para-hydroxylation sites is 1. The average Bonchev–Trinajstić information content (AvgIpc) is 2.35. The van der Waals surface area contributed by atoms with Crippen molar-refractivity contribution in [1.82, 2.24) is 5.32 Å². The van der Waals surface area contributed by atoms with E-state index in [4.69, 9.17) is 9.84 Å². The molecule has 0 aliphatic heterocycles. The van der Waals surface area contributed by atoms with E-state index in [0.29, 0.717) is 18.6 Å². The van der Waals surface area contributed by atoms with Gasteiger partial charge in [-0.05, 0) is 47.8 Å². The zero-order valence-electron chi connectivity index (χ0n) is 11.0. The van der Waals surface area contributed by atoms with Gasteiger partial charge in [0.25, 0.3) is 5.91 Å². The normalized spacial score (nSPS) is 22.5. The molecule has 1 unspecified atom stereocenters. The molecular weight excluding hydrogens is 326 g/mol. The number of hydrogen-bond acceptors (Lipinski definition) is 3. The van der Waals surface area contributed by atoms with Gasteiger partial charge in [0.2, 0.25) is 0 Å². The van der Waals surface area contributed by atoms with E-state index in [-0.39, 0.29) is 17.9 Å². The predicted octanol–water partition coefficient (Wildman–Crippen LogP) is 2.20. The maximum absolute atomic E-state index is 11.9. The number of carboxylic acids is 1. The number of rotatable bonds is 5. The largest absolute Gasteiger partial charge is 0.481 e. The van der Waals surface area contributed by atoms with Gasteiger partial charge in [-0.1, -0.05) is 12.1 Å². The van der Waals surface area contributed by atoms with E-state index < -0.39 is 12.1 Å². The fourth-order valence-corrected chi connectivity index (χ4v) is 2.42. The maximum atomic E-state index is 11.9. The van der Waals surface area contributed by atoms with Crippen LogP contribution >= 0.6 is 15.9 Å². The summed E-state index contributed by atoms with van der Waals surface area (Å²) in [5.74, 6) is -0.755. The van der Waals surface area contributed by atoms with E-state index in [0.717, 1.165) is 4.47 Å². The molecule has 1 aliphatic rings. The lowest BCUT2D eigenvalue weighted by molar-refractivity contribution is -0.146. The molecule has 108 valence electrons. The predicted molar refractivity (Wildman–Crippen MR) is 76.5 cm³/mol. The molecule has 1 amide bonds. The van der Waals surface area contributed by atoms with Crippen molar-refractivity contribution in [2.75, 3.05) is 0 Å². The number of ether oxygens (including phenoxy) is 1. The Morgan fingerprint density at radius 3 is 2.65 bits per heavy atom. The minimum absolute atomic E-state index is 0.0612. The highest BCUT2D eigenvalue weighted by Crippen LogP contribution is 2.28. The lowest BCUT2D eigenvalue weighted by Crippen LogP contribution is -2.50. The molecule has 2 N–H and O–H groups in total. The van der Waals surface area contributed by atoms with Crippen LogP contribution in [0.15, 0.2) is 28.7 Å². The molecule has 1 aromatic rings. The monoisotopic (exact) mass is 341 g/mol. The van der Waals surface area contributed by atoms with Gasteiger partial charge in [-0.25, -0.2) is 0 Å².